The van der Waals surface area contributed by atoms with Gasteiger partial charge in [0.05, 0.1) is 6.04 Å². The summed E-state index contributed by atoms with van der Waals surface area (Å²) in [6, 6.07) is 4.31. The second kappa shape index (κ2) is 6.88. The molecule has 136 valence electrons. The van der Waals surface area contributed by atoms with Gasteiger partial charge in [-0.2, -0.15) is 21.6 Å². The number of hydrogen-bond donors (Lipinski definition) is 1. The van der Waals surface area contributed by atoms with E-state index < -0.39 is 39.1 Å². The van der Waals surface area contributed by atoms with Gasteiger partial charge in [-0.25, -0.2) is 4.79 Å². The van der Waals surface area contributed by atoms with Crippen LogP contribution in [0.4, 0.5) is 18.0 Å². The quantitative estimate of drug-likeness (QED) is 0.649. The zero-order chi connectivity index (χ0) is 18.8. The maximum atomic E-state index is 12.3. The first kappa shape index (κ1) is 20.1. The van der Waals surface area contributed by atoms with Gasteiger partial charge < -0.3 is 14.2 Å². The largest absolute Gasteiger partial charge is 0.534 e. The molecule has 0 aliphatic heterocycles. The summed E-state index contributed by atoms with van der Waals surface area (Å²) >= 11 is 0. The molecule has 0 heterocycles. The van der Waals surface area contributed by atoms with Crippen LogP contribution in [0.5, 0.6) is 5.75 Å². The molecule has 0 spiro atoms. The first-order chi connectivity index (χ1) is 10.7. The van der Waals surface area contributed by atoms with Crippen LogP contribution in [0.1, 0.15) is 39.3 Å². The van der Waals surface area contributed by atoms with Crippen LogP contribution in [-0.2, 0) is 14.9 Å². The van der Waals surface area contributed by atoms with Gasteiger partial charge in [-0.05, 0) is 45.4 Å². The second-order valence-corrected chi connectivity index (χ2v) is 7.46. The molecule has 0 bridgehead atoms. The standard InChI is InChI=1S/C14H18F3NO5S/c1-9(18-12(19)22-13(2,3)4)10-6-5-7-11(8-10)23-24(20,21)14(15,16)17/h5-9H,1-4H3,(H,18,19). The third-order valence-electron chi connectivity index (χ3n) is 2.58. The van der Waals surface area contributed by atoms with Gasteiger partial charge >= 0.3 is 21.7 Å². The molecule has 1 rings (SSSR count). The minimum Gasteiger partial charge on any atom is -0.444 e. The molecule has 1 atom stereocenters. The number of ether oxygens (including phenoxy) is 1. The number of hydrogen-bond acceptors (Lipinski definition) is 5. The van der Waals surface area contributed by atoms with Crippen molar-refractivity contribution in [2.75, 3.05) is 0 Å². The number of alkyl halides is 3. The molecular weight excluding hydrogens is 351 g/mol. The first-order valence-corrected chi connectivity index (χ1v) is 8.22. The molecule has 1 unspecified atom stereocenters. The van der Waals surface area contributed by atoms with Crippen LogP contribution in [0.2, 0.25) is 0 Å². The number of carbonyl (C=O) groups excluding carboxylic acids is 1. The molecule has 0 saturated heterocycles. The van der Waals surface area contributed by atoms with Crippen LogP contribution in [-0.4, -0.2) is 25.6 Å². The highest BCUT2D eigenvalue weighted by atomic mass is 32.2. The number of rotatable bonds is 4. The lowest BCUT2D eigenvalue weighted by Gasteiger charge is -2.22. The molecular formula is C14H18F3NO5S. The molecule has 24 heavy (non-hydrogen) atoms. The maximum Gasteiger partial charge on any atom is 0.534 e. The Bertz CT molecular complexity index is 695. The highest BCUT2D eigenvalue weighted by Gasteiger charge is 2.48. The highest BCUT2D eigenvalue weighted by Crippen LogP contribution is 2.28. The van der Waals surface area contributed by atoms with Gasteiger partial charge in [0, 0.05) is 0 Å². The van der Waals surface area contributed by atoms with E-state index in [0.29, 0.717) is 5.56 Å². The van der Waals surface area contributed by atoms with Crippen molar-refractivity contribution in [2.24, 2.45) is 0 Å². The molecule has 0 radical (unpaired) electrons. The summed E-state index contributed by atoms with van der Waals surface area (Å²) in [6.45, 7) is 6.58. The number of amides is 1. The van der Waals surface area contributed by atoms with Crippen molar-refractivity contribution in [3.63, 3.8) is 0 Å². The Morgan fingerprint density at radius 2 is 1.79 bits per heavy atom. The third kappa shape index (κ3) is 5.91. The normalized spacial score (nSPS) is 14.0. The van der Waals surface area contributed by atoms with Gasteiger partial charge in [0.1, 0.15) is 11.4 Å². The van der Waals surface area contributed by atoms with E-state index in [4.69, 9.17) is 4.74 Å². The van der Waals surface area contributed by atoms with E-state index in [0.717, 1.165) is 12.1 Å². The zero-order valence-electron chi connectivity index (χ0n) is 13.5. The minimum absolute atomic E-state index is 0.343. The molecule has 0 aromatic heterocycles. The molecule has 0 fully saturated rings. The Morgan fingerprint density at radius 1 is 1.21 bits per heavy atom. The summed E-state index contributed by atoms with van der Waals surface area (Å²) < 4.78 is 68.1. The van der Waals surface area contributed by atoms with Crippen LogP contribution in [0.15, 0.2) is 24.3 Å². The van der Waals surface area contributed by atoms with Crippen molar-refractivity contribution in [1.82, 2.24) is 5.32 Å². The number of carbonyl (C=O) groups is 1. The Labute approximate surface area is 138 Å². The molecule has 1 amide bonds. The molecule has 0 aliphatic carbocycles. The number of benzene rings is 1. The Morgan fingerprint density at radius 3 is 2.29 bits per heavy atom. The van der Waals surface area contributed by atoms with Crippen LogP contribution < -0.4 is 9.50 Å². The fourth-order valence-corrected chi connectivity index (χ4v) is 2.03. The molecule has 0 saturated carbocycles. The van der Waals surface area contributed by atoms with Gasteiger partial charge in [-0.15, -0.1) is 0 Å². The predicted molar refractivity (Wildman–Crippen MR) is 79.8 cm³/mol. The van der Waals surface area contributed by atoms with Crippen molar-refractivity contribution in [2.45, 2.75) is 44.8 Å². The Hall–Kier alpha value is -1.97. The molecule has 10 heteroatoms. The van der Waals surface area contributed by atoms with E-state index in [1.165, 1.54) is 12.1 Å². The summed E-state index contributed by atoms with van der Waals surface area (Å²) in [5.41, 5.74) is -5.89. The third-order valence-corrected chi connectivity index (χ3v) is 3.56. The molecule has 1 N–H and O–H groups in total. The summed E-state index contributed by atoms with van der Waals surface area (Å²) in [4.78, 5) is 11.7. The zero-order valence-corrected chi connectivity index (χ0v) is 14.3. The second-order valence-electron chi connectivity index (χ2n) is 5.92. The Balaban J connectivity index is 2.87. The van der Waals surface area contributed by atoms with Crippen LogP contribution in [0.25, 0.3) is 0 Å². The van der Waals surface area contributed by atoms with Gasteiger partial charge in [0.15, 0.2) is 0 Å². The minimum atomic E-state index is -5.75. The average molecular weight is 369 g/mol. The number of alkyl carbamates (subject to hydrolysis) is 1. The van der Waals surface area contributed by atoms with Crippen molar-refractivity contribution in [3.8, 4) is 5.75 Å². The molecule has 1 aromatic carbocycles. The van der Waals surface area contributed by atoms with E-state index in [2.05, 4.69) is 9.50 Å². The lowest BCUT2D eigenvalue weighted by Crippen LogP contribution is -2.34. The fraction of sp³-hybridized carbons (Fsp3) is 0.500. The molecule has 0 aliphatic rings. The van der Waals surface area contributed by atoms with E-state index in [1.54, 1.807) is 27.7 Å². The van der Waals surface area contributed by atoms with E-state index in [-0.39, 0.29) is 0 Å². The monoisotopic (exact) mass is 369 g/mol. The first-order valence-electron chi connectivity index (χ1n) is 6.81. The predicted octanol–water partition coefficient (Wildman–Crippen LogP) is 3.50. The lowest BCUT2D eigenvalue weighted by molar-refractivity contribution is -0.0500. The van der Waals surface area contributed by atoms with Crippen LogP contribution in [0, 0.1) is 0 Å². The summed E-state index contributed by atoms with van der Waals surface area (Å²) in [5, 5.41) is 2.48. The Kier molecular flexibility index (Phi) is 5.75. The number of halogens is 3. The van der Waals surface area contributed by atoms with Gasteiger partial charge in [-0.1, -0.05) is 12.1 Å². The molecule has 1 aromatic rings. The lowest BCUT2D eigenvalue weighted by atomic mass is 10.1. The molecule has 6 nitrogen and oxygen atoms in total. The van der Waals surface area contributed by atoms with Crippen molar-refractivity contribution < 1.29 is 35.3 Å². The van der Waals surface area contributed by atoms with Crippen LogP contribution in [0.3, 0.4) is 0 Å². The topological polar surface area (TPSA) is 81.7 Å². The van der Waals surface area contributed by atoms with Gasteiger partial charge in [0.25, 0.3) is 0 Å². The summed E-state index contributed by atoms with van der Waals surface area (Å²) in [7, 11) is -5.75. The smallest absolute Gasteiger partial charge is 0.444 e. The van der Waals surface area contributed by atoms with Crippen molar-refractivity contribution >= 4 is 16.2 Å². The van der Waals surface area contributed by atoms with E-state index in [9.17, 15) is 26.4 Å². The van der Waals surface area contributed by atoms with E-state index in [1.807, 2.05) is 0 Å². The maximum absolute atomic E-state index is 12.3. The van der Waals surface area contributed by atoms with Gasteiger partial charge in [0.2, 0.25) is 0 Å². The van der Waals surface area contributed by atoms with E-state index >= 15 is 0 Å². The number of nitrogens with one attached hydrogen (secondary N) is 1. The fourth-order valence-electron chi connectivity index (χ4n) is 1.58. The van der Waals surface area contributed by atoms with Crippen molar-refractivity contribution in [1.29, 1.82) is 0 Å². The van der Waals surface area contributed by atoms with Crippen molar-refractivity contribution in [3.05, 3.63) is 29.8 Å². The summed E-state index contributed by atoms with van der Waals surface area (Å²) in [6.07, 6.45) is -0.718. The van der Waals surface area contributed by atoms with Crippen LogP contribution >= 0.6 is 0 Å². The SMILES string of the molecule is CC(NC(=O)OC(C)(C)C)c1cccc(OS(=O)(=O)C(F)(F)F)c1. The summed E-state index contributed by atoms with van der Waals surface area (Å²) in [5.74, 6) is -0.511. The highest BCUT2D eigenvalue weighted by molar-refractivity contribution is 7.88. The average Bonchev–Trinajstić information content (AvgIpc) is 2.34. The van der Waals surface area contributed by atoms with Gasteiger partial charge in [-0.3, -0.25) is 0 Å².